The van der Waals surface area contributed by atoms with Crippen LogP contribution in [0, 0.1) is 0 Å². The molecule has 106 valence electrons. The fourth-order valence-corrected chi connectivity index (χ4v) is 1.67. The number of hydrogen-bond acceptors (Lipinski definition) is 4. The molecule has 0 aromatic heterocycles. The minimum atomic E-state index is -1.28. The third kappa shape index (κ3) is 5.85. The molecule has 0 radical (unpaired) electrons. The lowest BCUT2D eigenvalue weighted by molar-refractivity contribution is -0.166. The SMILES string of the molecule is CC(C)(C)OC(=O)C(O)[C@H](N)CCc1ccccc1. The van der Waals surface area contributed by atoms with Gasteiger partial charge < -0.3 is 15.6 Å². The number of carbonyl (C=O) groups excluding carboxylic acids is 1. The van der Waals surface area contributed by atoms with Gasteiger partial charge in [0.1, 0.15) is 5.60 Å². The van der Waals surface area contributed by atoms with Gasteiger partial charge >= 0.3 is 5.97 Å². The lowest BCUT2D eigenvalue weighted by Crippen LogP contribution is -2.44. The Labute approximate surface area is 114 Å². The number of esters is 1. The van der Waals surface area contributed by atoms with Crippen LogP contribution in [0.25, 0.3) is 0 Å². The largest absolute Gasteiger partial charge is 0.458 e. The molecule has 1 aromatic rings. The van der Waals surface area contributed by atoms with Crippen molar-refractivity contribution >= 4 is 5.97 Å². The standard InChI is InChI=1S/C15H23NO3/c1-15(2,3)19-14(18)13(17)12(16)10-9-11-7-5-4-6-8-11/h4-8,12-13,17H,9-10,16H2,1-3H3/t12-,13?/m1/s1. The van der Waals surface area contributed by atoms with Crippen LogP contribution in [0.1, 0.15) is 32.8 Å². The summed E-state index contributed by atoms with van der Waals surface area (Å²) in [6.45, 7) is 5.27. The number of ether oxygens (including phenoxy) is 1. The first kappa shape index (κ1) is 15.7. The molecular weight excluding hydrogens is 242 g/mol. The Kier molecular flexibility index (Phi) is 5.51. The molecule has 4 nitrogen and oxygen atoms in total. The van der Waals surface area contributed by atoms with Gasteiger partial charge in [0.05, 0.1) is 0 Å². The van der Waals surface area contributed by atoms with Gasteiger partial charge in [-0.3, -0.25) is 0 Å². The second-order valence-corrected chi connectivity index (χ2v) is 5.67. The van der Waals surface area contributed by atoms with E-state index in [4.69, 9.17) is 10.5 Å². The minimum absolute atomic E-state index is 0.532. The first-order valence-corrected chi connectivity index (χ1v) is 6.50. The summed E-state index contributed by atoms with van der Waals surface area (Å²) in [4.78, 5) is 11.7. The molecule has 1 rings (SSSR count). The van der Waals surface area contributed by atoms with E-state index in [-0.39, 0.29) is 0 Å². The maximum atomic E-state index is 11.7. The normalized spacial score (nSPS) is 14.8. The van der Waals surface area contributed by atoms with Gasteiger partial charge in [-0.05, 0) is 39.2 Å². The maximum absolute atomic E-state index is 11.7. The van der Waals surface area contributed by atoms with Crippen LogP contribution in [-0.2, 0) is 16.0 Å². The Morgan fingerprint density at radius 1 is 1.32 bits per heavy atom. The van der Waals surface area contributed by atoms with E-state index in [0.29, 0.717) is 6.42 Å². The van der Waals surface area contributed by atoms with E-state index in [9.17, 15) is 9.90 Å². The summed E-state index contributed by atoms with van der Waals surface area (Å²) in [6, 6.07) is 9.21. The number of carbonyl (C=O) groups is 1. The van der Waals surface area contributed by atoms with Crippen LogP contribution in [0.5, 0.6) is 0 Å². The Balaban J connectivity index is 2.44. The molecule has 2 atom stereocenters. The lowest BCUT2D eigenvalue weighted by atomic mass is 10.0. The molecule has 0 heterocycles. The number of aryl methyl sites for hydroxylation is 1. The van der Waals surface area contributed by atoms with Crippen molar-refractivity contribution in [2.24, 2.45) is 5.73 Å². The number of rotatable bonds is 5. The van der Waals surface area contributed by atoms with Crippen LogP contribution < -0.4 is 5.73 Å². The molecule has 0 bridgehead atoms. The molecule has 0 aliphatic rings. The average molecular weight is 265 g/mol. The molecule has 3 N–H and O–H groups in total. The number of benzene rings is 1. The first-order valence-electron chi connectivity index (χ1n) is 6.50. The van der Waals surface area contributed by atoms with E-state index in [1.165, 1.54) is 0 Å². The smallest absolute Gasteiger partial charge is 0.337 e. The van der Waals surface area contributed by atoms with Gasteiger partial charge in [-0.1, -0.05) is 30.3 Å². The Morgan fingerprint density at radius 2 is 1.89 bits per heavy atom. The molecule has 0 aliphatic carbocycles. The van der Waals surface area contributed by atoms with E-state index in [0.717, 1.165) is 12.0 Å². The summed E-state index contributed by atoms with van der Waals surface area (Å²) in [6.07, 6.45) is -0.0188. The van der Waals surface area contributed by atoms with Gasteiger partial charge in [0, 0.05) is 6.04 Å². The summed E-state index contributed by atoms with van der Waals surface area (Å²) in [5.41, 5.74) is 6.35. The van der Waals surface area contributed by atoms with Crippen LogP contribution in [-0.4, -0.2) is 28.8 Å². The molecular formula is C15H23NO3. The number of nitrogens with two attached hydrogens (primary N) is 1. The molecule has 0 fully saturated rings. The molecule has 1 aromatic carbocycles. The third-order valence-corrected chi connectivity index (χ3v) is 2.66. The molecule has 1 unspecified atom stereocenters. The molecule has 0 aliphatic heterocycles. The van der Waals surface area contributed by atoms with Gasteiger partial charge in [0.2, 0.25) is 0 Å². The highest BCUT2D eigenvalue weighted by Crippen LogP contribution is 2.12. The van der Waals surface area contributed by atoms with Crippen LogP contribution in [0.2, 0.25) is 0 Å². The van der Waals surface area contributed by atoms with Crippen molar-refractivity contribution < 1.29 is 14.6 Å². The van der Waals surface area contributed by atoms with Crippen LogP contribution in [0.15, 0.2) is 30.3 Å². The second-order valence-electron chi connectivity index (χ2n) is 5.67. The third-order valence-electron chi connectivity index (χ3n) is 2.66. The predicted octanol–water partition coefficient (Wildman–Crippen LogP) is 1.65. The highest BCUT2D eigenvalue weighted by Gasteiger charge is 2.27. The van der Waals surface area contributed by atoms with Gasteiger partial charge in [-0.2, -0.15) is 0 Å². The fraction of sp³-hybridized carbons (Fsp3) is 0.533. The fourth-order valence-electron chi connectivity index (χ4n) is 1.67. The summed E-state index contributed by atoms with van der Waals surface area (Å²) >= 11 is 0. The number of hydrogen-bond donors (Lipinski definition) is 2. The van der Waals surface area contributed by atoms with Gasteiger partial charge in [-0.15, -0.1) is 0 Å². The monoisotopic (exact) mass is 265 g/mol. The molecule has 0 saturated heterocycles. The number of aliphatic hydroxyl groups is 1. The van der Waals surface area contributed by atoms with E-state index in [2.05, 4.69) is 0 Å². The van der Waals surface area contributed by atoms with Crippen molar-refractivity contribution in [2.45, 2.75) is 51.4 Å². The van der Waals surface area contributed by atoms with E-state index in [1.54, 1.807) is 20.8 Å². The minimum Gasteiger partial charge on any atom is -0.458 e. The summed E-state index contributed by atoms with van der Waals surface area (Å²) in [5.74, 6) is -0.659. The second kappa shape index (κ2) is 6.68. The van der Waals surface area contributed by atoms with Gasteiger partial charge in [0.25, 0.3) is 0 Å². The Hall–Kier alpha value is -1.39. The molecule has 0 spiro atoms. The topological polar surface area (TPSA) is 72.5 Å². The summed E-state index contributed by atoms with van der Waals surface area (Å²) in [7, 11) is 0. The van der Waals surface area contributed by atoms with Crippen LogP contribution in [0.3, 0.4) is 0 Å². The molecule has 0 saturated carbocycles. The zero-order chi connectivity index (χ0) is 14.5. The zero-order valence-corrected chi connectivity index (χ0v) is 11.8. The van der Waals surface area contributed by atoms with E-state index >= 15 is 0 Å². The highest BCUT2D eigenvalue weighted by atomic mass is 16.6. The quantitative estimate of drug-likeness (QED) is 0.794. The van der Waals surface area contributed by atoms with Crippen molar-refractivity contribution in [1.29, 1.82) is 0 Å². The van der Waals surface area contributed by atoms with Crippen LogP contribution in [0.4, 0.5) is 0 Å². The first-order chi connectivity index (χ1) is 8.79. The lowest BCUT2D eigenvalue weighted by Gasteiger charge is -2.24. The average Bonchev–Trinajstić information content (AvgIpc) is 2.34. The van der Waals surface area contributed by atoms with Crippen molar-refractivity contribution in [3.8, 4) is 0 Å². The van der Waals surface area contributed by atoms with Crippen LogP contribution >= 0.6 is 0 Å². The molecule has 19 heavy (non-hydrogen) atoms. The predicted molar refractivity (Wildman–Crippen MR) is 74.6 cm³/mol. The van der Waals surface area contributed by atoms with E-state index < -0.39 is 23.7 Å². The molecule has 4 heteroatoms. The van der Waals surface area contributed by atoms with Crippen molar-refractivity contribution in [2.75, 3.05) is 0 Å². The maximum Gasteiger partial charge on any atom is 0.337 e. The summed E-state index contributed by atoms with van der Waals surface area (Å²) < 4.78 is 5.10. The van der Waals surface area contributed by atoms with Crippen molar-refractivity contribution in [1.82, 2.24) is 0 Å². The molecule has 0 amide bonds. The highest BCUT2D eigenvalue weighted by molar-refractivity contribution is 5.75. The van der Waals surface area contributed by atoms with Gasteiger partial charge in [0.15, 0.2) is 6.10 Å². The van der Waals surface area contributed by atoms with Crippen molar-refractivity contribution in [3.05, 3.63) is 35.9 Å². The van der Waals surface area contributed by atoms with Gasteiger partial charge in [-0.25, -0.2) is 4.79 Å². The van der Waals surface area contributed by atoms with E-state index in [1.807, 2.05) is 30.3 Å². The Bertz CT molecular complexity index is 398. The Morgan fingerprint density at radius 3 is 2.42 bits per heavy atom. The summed E-state index contributed by atoms with van der Waals surface area (Å²) in [5, 5.41) is 9.83. The number of aliphatic hydroxyl groups excluding tert-OH is 1. The van der Waals surface area contributed by atoms with Crippen molar-refractivity contribution in [3.63, 3.8) is 0 Å². The zero-order valence-electron chi connectivity index (χ0n) is 11.8.